The molecule has 1 aliphatic heterocycles. The van der Waals surface area contributed by atoms with Gasteiger partial charge in [-0.05, 0) is 57.6 Å². The fourth-order valence-electron chi connectivity index (χ4n) is 4.13. The first-order valence-electron chi connectivity index (χ1n) is 11.8. The van der Waals surface area contributed by atoms with Crippen LogP contribution in [-0.4, -0.2) is 75.2 Å². The fraction of sp³-hybridized carbons (Fsp3) is 0.500. The molecule has 5 nitrogen and oxygen atoms in total. The van der Waals surface area contributed by atoms with Crippen LogP contribution in [-0.2, 0) is 0 Å². The number of halogens is 1. The molecular weight excluding hydrogens is 509 g/mol. The molecule has 176 valence electrons. The van der Waals surface area contributed by atoms with Crippen LogP contribution in [0.3, 0.4) is 0 Å². The zero-order valence-corrected chi connectivity index (χ0v) is 22.0. The first-order chi connectivity index (χ1) is 15.3. The Hall–Kier alpha value is -1.64. The fourth-order valence-corrected chi connectivity index (χ4v) is 4.13. The standard InChI is InChI=1S/C26H39N5.HI/c1-3-27-26(28-16-10-18-31-19-11-17-30(2)20-21-31)29-22-25(23-12-6-4-7-13-23)24-14-8-5-9-15-24;/h4-9,12-15,25H,3,10-11,16-22H2,1-2H3,(H2,27,28,29);1H. The average Bonchev–Trinajstić information content (AvgIpc) is 3.02. The Morgan fingerprint density at radius 1 is 0.906 bits per heavy atom. The maximum atomic E-state index is 4.95. The number of guanidine groups is 1. The van der Waals surface area contributed by atoms with Gasteiger partial charge >= 0.3 is 0 Å². The molecule has 1 fully saturated rings. The van der Waals surface area contributed by atoms with Crippen molar-refractivity contribution in [3.05, 3.63) is 71.8 Å². The molecule has 2 aromatic carbocycles. The van der Waals surface area contributed by atoms with Gasteiger partial charge in [-0.2, -0.15) is 0 Å². The van der Waals surface area contributed by atoms with Gasteiger partial charge in [0.1, 0.15) is 0 Å². The predicted molar refractivity (Wildman–Crippen MR) is 147 cm³/mol. The third kappa shape index (κ3) is 9.08. The Labute approximate surface area is 211 Å². The molecule has 2 N–H and O–H groups in total. The first kappa shape index (κ1) is 26.6. The summed E-state index contributed by atoms with van der Waals surface area (Å²) >= 11 is 0. The van der Waals surface area contributed by atoms with Crippen molar-refractivity contribution in [1.82, 2.24) is 20.4 Å². The topological polar surface area (TPSA) is 42.9 Å². The van der Waals surface area contributed by atoms with Crippen molar-refractivity contribution in [1.29, 1.82) is 0 Å². The van der Waals surface area contributed by atoms with Crippen LogP contribution in [0.25, 0.3) is 0 Å². The largest absolute Gasteiger partial charge is 0.357 e. The molecule has 1 saturated heterocycles. The lowest BCUT2D eigenvalue weighted by atomic mass is 9.91. The van der Waals surface area contributed by atoms with Crippen molar-refractivity contribution < 1.29 is 0 Å². The van der Waals surface area contributed by atoms with Crippen LogP contribution in [0.4, 0.5) is 0 Å². The number of hydrogen-bond acceptors (Lipinski definition) is 3. The molecular formula is C26H40IN5. The van der Waals surface area contributed by atoms with Crippen LogP contribution in [0.2, 0.25) is 0 Å². The second-order valence-electron chi connectivity index (χ2n) is 8.37. The highest BCUT2D eigenvalue weighted by molar-refractivity contribution is 14.0. The van der Waals surface area contributed by atoms with Crippen LogP contribution in [0.15, 0.2) is 65.7 Å². The lowest BCUT2D eigenvalue weighted by Crippen LogP contribution is -2.39. The van der Waals surface area contributed by atoms with Gasteiger partial charge in [-0.15, -0.1) is 24.0 Å². The van der Waals surface area contributed by atoms with Crippen molar-refractivity contribution in [2.24, 2.45) is 4.99 Å². The van der Waals surface area contributed by atoms with Gasteiger partial charge in [0.15, 0.2) is 5.96 Å². The van der Waals surface area contributed by atoms with E-state index < -0.39 is 0 Å². The number of nitrogens with zero attached hydrogens (tertiary/aromatic N) is 3. The molecule has 0 saturated carbocycles. The Balaban J connectivity index is 0.00000363. The molecule has 0 bridgehead atoms. The minimum Gasteiger partial charge on any atom is -0.357 e. The van der Waals surface area contributed by atoms with Crippen molar-refractivity contribution in [2.75, 3.05) is 59.4 Å². The Kier molecular flexibility index (Phi) is 12.7. The lowest BCUT2D eigenvalue weighted by Gasteiger charge is -2.21. The molecule has 3 rings (SSSR count). The molecule has 0 amide bonds. The highest BCUT2D eigenvalue weighted by Gasteiger charge is 2.14. The van der Waals surface area contributed by atoms with Gasteiger partial charge < -0.3 is 20.4 Å². The number of benzene rings is 2. The van der Waals surface area contributed by atoms with E-state index in [1.165, 1.54) is 43.7 Å². The smallest absolute Gasteiger partial charge is 0.191 e. The Morgan fingerprint density at radius 2 is 1.56 bits per heavy atom. The monoisotopic (exact) mass is 549 g/mol. The highest BCUT2D eigenvalue weighted by atomic mass is 127. The number of likely N-dealkylation sites (N-methyl/N-ethyl adjacent to an activating group) is 1. The van der Waals surface area contributed by atoms with Gasteiger partial charge in [0.05, 0.1) is 6.54 Å². The first-order valence-corrected chi connectivity index (χ1v) is 11.8. The summed E-state index contributed by atoms with van der Waals surface area (Å²) in [7, 11) is 2.22. The maximum Gasteiger partial charge on any atom is 0.191 e. The third-order valence-electron chi connectivity index (χ3n) is 5.94. The molecule has 0 spiro atoms. The van der Waals surface area contributed by atoms with Gasteiger partial charge in [0.25, 0.3) is 0 Å². The Bertz CT molecular complexity index is 729. The van der Waals surface area contributed by atoms with Crippen LogP contribution in [0.1, 0.15) is 36.8 Å². The Morgan fingerprint density at radius 3 is 2.19 bits per heavy atom. The summed E-state index contributed by atoms with van der Waals surface area (Å²) in [5.74, 6) is 1.17. The summed E-state index contributed by atoms with van der Waals surface area (Å²) in [6, 6.07) is 21.4. The van der Waals surface area contributed by atoms with E-state index in [4.69, 9.17) is 4.99 Å². The molecule has 0 radical (unpaired) electrons. The number of aliphatic imine (C=N–C) groups is 1. The van der Waals surface area contributed by atoms with E-state index in [1.54, 1.807) is 0 Å². The van der Waals surface area contributed by atoms with E-state index in [1.807, 2.05) is 0 Å². The zero-order valence-electron chi connectivity index (χ0n) is 19.7. The van der Waals surface area contributed by atoms with E-state index in [0.717, 1.165) is 38.6 Å². The highest BCUT2D eigenvalue weighted by Crippen LogP contribution is 2.24. The second-order valence-corrected chi connectivity index (χ2v) is 8.37. The number of hydrogen-bond donors (Lipinski definition) is 2. The molecule has 2 aromatic rings. The minimum atomic E-state index is 0. The molecule has 0 aromatic heterocycles. The summed E-state index contributed by atoms with van der Waals surface area (Å²) in [5.41, 5.74) is 2.61. The van der Waals surface area contributed by atoms with Crippen molar-refractivity contribution in [2.45, 2.75) is 25.7 Å². The quantitative estimate of drug-likeness (QED) is 0.215. The molecule has 1 heterocycles. The van der Waals surface area contributed by atoms with E-state index in [9.17, 15) is 0 Å². The zero-order chi connectivity index (χ0) is 21.7. The number of rotatable bonds is 9. The van der Waals surface area contributed by atoms with E-state index in [0.29, 0.717) is 0 Å². The second kappa shape index (κ2) is 15.2. The molecule has 6 heteroatoms. The summed E-state index contributed by atoms with van der Waals surface area (Å²) < 4.78 is 0. The molecule has 0 atom stereocenters. The third-order valence-corrected chi connectivity index (χ3v) is 5.94. The van der Waals surface area contributed by atoms with E-state index >= 15 is 0 Å². The van der Waals surface area contributed by atoms with Crippen molar-refractivity contribution in [3.8, 4) is 0 Å². The van der Waals surface area contributed by atoms with Gasteiger partial charge in [0.2, 0.25) is 0 Å². The SMILES string of the molecule is CCNC(=NCC(c1ccccc1)c1ccccc1)NCCCN1CCCN(C)CC1.I. The molecule has 0 aliphatic carbocycles. The van der Waals surface area contributed by atoms with E-state index in [2.05, 4.69) is 95.1 Å². The molecule has 0 unspecified atom stereocenters. The van der Waals surface area contributed by atoms with Crippen molar-refractivity contribution in [3.63, 3.8) is 0 Å². The predicted octanol–water partition coefficient (Wildman–Crippen LogP) is 4.02. The van der Waals surface area contributed by atoms with Gasteiger partial charge in [0, 0.05) is 32.1 Å². The molecule has 1 aliphatic rings. The average molecular weight is 550 g/mol. The maximum absolute atomic E-state index is 4.95. The summed E-state index contributed by atoms with van der Waals surface area (Å²) in [4.78, 5) is 9.98. The van der Waals surface area contributed by atoms with Crippen LogP contribution >= 0.6 is 24.0 Å². The summed E-state index contributed by atoms with van der Waals surface area (Å²) in [6.45, 7) is 10.6. The van der Waals surface area contributed by atoms with Gasteiger partial charge in [-0.25, -0.2) is 0 Å². The van der Waals surface area contributed by atoms with Crippen LogP contribution < -0.4 is 10.6 Å². The normalized spacial score (nSPS) is 15.8. The lowest BCUT2D eigenvalue weighted by molar-refractivity contribution is 0.274. The molecule has 32 heavy (non-hydrogen) atoms. The van der Waals surface area contributed by atoms with E-state index in [-0.39, 0.29) is 29.9 Å². The van der Waals surface area contributed by atoms with Gasteiger partial charge in [-0.3, -0.25) is 4.99 Å². The van der Waals surface area contributed by atoms with Gasteiger partial charge in [-0.1, -0.05) is 60.7 Å². The summed E-state index contributed by atoms with van der Waals surface area (Å²) in [6.07, 6.45) is 2.41. The number of nitrogens with one attached hydrogen (secondary N) is 2. The van der Waals surface area contributed by atoms with Crippen LogP contribution in [0, 0.1) is 0 Å². The minimum absolute atomic E-state index is 0. The van der Waals surface area contributed by atoms with Crippen LogP contribution in [0.5, 0.6) is 0 Å². The van der Waals surface area contributed by atoms with Crippen molar-refractivity contribution >= 4 is 29.9 Å². The summed E-state index contributed by atoms with van der Waals surface area (Å²) in [5, 5.41) is 6.96.